The molecule has 0 spiro atoms. The number of halogens is 2. The highest BCUT2D eigenvalue weighted by atomic mass is 35.5. The van der Waals surface area contributed by atoms with Gasteiger partial charge in [-0.2, -0.15) is 0 Å². The van der Waals surface area contributed by atoms with Gasteiger partial charge in [0.05, 0.1) is 22.6 Å². The van der Waals surface area contributed by atoms with Crippen molar-refractivity contribution < 1.29 is 4.79 Å². The van der Waals surface area contributed by atoms with Crippen LogP contribution in [0.2, 0.25) is 10.0 Å². The van der Waals surface area contributed by atoms with Crippen molar-refractivity contribution in [1.29, 1.82) is 0 Å². The molecule has 1 aliphatic rings. The molecule has 25 heavy (non-hydrogen) atoms. The Morgan fingerprint density at radius 3 is 2.56 bits per heavy atom. The number of carbonyl (C=O) groups is 1. The fourth-order valence-electron chi connectivity index (χ4n) is 2.77. The molecule has 2 heterocycles. The van der Waals surface area contributed by atoms with Crippen molar-refractivity contribution in [2.24, 2.45) is 0 Å². The van der Waals surface area contributed by atoms with Gasteiger partial charge >= 0.3 is 0 Å². The molecular weight excluding hydrogens is 359 g/mol. The van der Waals surface area contributed by atoms with E-state index in [1.165, 1.54) is 0 Å². The predicted octanol–water partition coefficient (Wildman–Crippen LogP) is 3.91. The number of nitrogens with zero attached hydrogens (tertiary/aromatic N) is 3. The van der Waals surface area contributed by atoms with Gasteiger partial charge in [-0.25, -0.2) is 4.98 Å². The van der Waals surface area contributed by atoms with Gasteiger partial charge in [-0.3, -0.25) is 4.79 Å². The van der Waals surface area contributed by atoms with Crippen molar-refractivity contribution in [2.75, 3.05) is 38.0 Å². The topological polar surface area (TPSA) is 48.5 Å². The molecule has 2 aromatic rings. The monoisotopic (exact) mass is 378 g/mol. The van der Waals surface area contributed by atoms with Crippen LogP contribution in [-0.4, -0.2) is 53.4 Å². The third kappa shape index (κ3) is 4.42. The lowest BCUT2D eigenvalue weighted by Crippen LogP contribution is -2.48. The van der Waals surface area contributed by atoms with Crippen molar-refractivity contribution in [2.45, 2.75) is 6.92 Å². The summed E-state index contributed by atoms with van der Waals surface area (Å²) in [4.78, 5) is 21.0. The van der Waals surface area contributed by atoms with E-state index in [9.17, 15) is 4.79 Å². The molecule has 3 rings (SSSR count). The Morgan fingerprint density at radius 2 is 1.92 bits per heavy atom. The Morgan fingerprint density at radius 1 is 1.16 bits per heavy atom. The summed E-state index contributed by atoms with van der Waals surface area (Å²) < 4.78 is 0. The molecule has 1 saturated heterocycles. The van der Waals surface area contributed by atoms with E-state index in [1.54, 1.807) is 30.5 Å². The normalized spacial score (nSPS) is 15.2. The lowest BCUT2D eigenvalue weighted by molar-refractivity contribution is 0.0637. The number of likely N-dealkylation sites (N-methyl/N-ethyl adjacent to an activating group) is 1. The number of amides is 1. The van der Waals surface area contributed by atoms with Crippen LogP contribution in [0.15, 0.2) is 36.5 Å². The maximum absolute atomic E-state index is 12.5. The van der Waals surface area contributed by atoms with E-state index in [4.69, 9.17) is 23.2 Å². The van der Waals surface area contributed by atoms with Crippen molar-refractivity contribution >= 4 is 40.5 Å². The van der Waals surface area contributed by atoms with Gasteiger partial charge in [0.15, 0.2) is 0 Å². The first-order valence-corrected chi connectivity index (χ1v) is 9.02. The first-order chi connectivity index (χ1) is 12.1. The lowest BCUT2D eigenvalue weighted by Gasteiger charge is -2.33. The number of piperazine rings is 1. The van der Waals surface area contributed by atoms with Crippen LogP contribution in [0.1, 0.15) is 17.4 Å². The molecule has 0 atom stereocenters. The summed E-state index contributed by atoms with van der Waals surface area (Å²) >= 11 is 12.1. The zero-order valence-electron chi connectivity index (χ0n) is 14.0. The predicted molar refractivity (Wildman–Crippen MR) is 102 cm³/mol. The Kier molecular flexibility index (Phi) is 5.78. The van der Waals surface area contributed by atoms with Gasteiger partial charge in [-0.1, -0.05) is 30.1 Å². The Labute approximate surface area is 157 Å². The summed E-state index contributed by atoms with van der Waals surface area (Å²) in [5.41, 5.74) is 1.90. The first kappa shape index (κ1) is 18.0. The molecule has 1 amide bonds. The van der Waals surface area contributed by atoms with Crippen LogP contribution in [0.4, 0.5) is 11.4 Å². The molecule has 1 N–H and O–H groups in total. The van der Waals surface area contributed by atoms with E-state index in [0.29, 0.717) is 21.4 Å². The lowest BCUT2D eigenvalue weighted by atomic mass is 10.2. The van der Waals surface area contributed by atoms with Gasteiger partial charge in [0, 0.05) is 31.2 Å². The number of hydrogen-bond acceptors (Lipinski definition) is 4. The van der Waals surface area contributed by atoms with Crippen molar-refractivity contribution in [1.82, 2.24) is 14.8 Å². The second-order valence-electron chi connectivity index (χ2n) is 5.91. The number of nitrogens with one attached hydrogen (secondary N) is 1. The van der Waals surface area contributed by atoms with Crippen LogP contribution in [0, 0.1) is 0 Å². The molecular formula is C18H20Cl2N4O. The number of anilines is 2. The Balaban J connectivity index is 1.66. The molecule has 1 fully saturated rings. The summed E-state index contributed by atoms with van der Waals surface area (Å²) in [6.07, 6.45) is 1.63. The summed E-state index contributed by atoms with van der Waals surface area (Å²) in [5.74, 6) is -0.0249. The van der Waals surface area contributed by atoms with Crippen LogP contribution >= 0.6 is 23.2 Å². The molecule has 7 heteroatoms. The van der Waals surface area contributed by atoms with E-state index in [0.717, 1.165) is 38.4 Å². The summed E-state index contributed by atoms with van der Waals surface area (Å²) in [6.45, 7) is 6.47. The highest BCUT2D eigenvalue weighted by Crippen LogP contribution is 2.28. The van der Waals surface area contributed by atoms with Crippen molar-refractivity contribution in [3.05, 3.63) is 52.3 Å². The SMILES string of the molecule is CCN1CCN(C(=O)c2ccc(Nc3cc(Cl)ccc3Cl)cn2)CC1. The minimum absolute atomic E-state index is 0.0249. The summed E-state index contributed by atoms with van der Waals surface area (Å²) in [6, 6.07) is 8.76. The maximum Gasteiger partial charge on any atom is 0.272 e. The average molecular weight is 379 g/mol. The molecule has 1 aromatic heterocycles. The van der Waals surface area contributed by atoms with Gasteiger partial charge in [-0.15, -0.1) is 0 Å². The minimum Gasteiger partial charge on any atom is -0.353 e. The van der Waals surface area contributed by atoms with Crippen LogP contribution in [0.5, 0.6) is 0 Å². The van der Waals surface area contributed by atoms with Crippen LogP contribution in [0.25, 0.3) is 0 Å². The van der Waals surface area contributed by atoms with E-state index >= 15 is 0 Å². The second kappa shape index (κ2) is 8.04. The Bertz CT molecular complexity index is 743. The quantitative estimate of drug-likeness (QED) is 0.875. The van der Waals surface area contributed by atoms with Crippen molar-refractivity contribution in [3.63, 3.8) is 0 Å². The number of pyridine rings is 1. The number of rotatable bonds is 4. The number of carbonyl (C=O) groups excluding carboxylic acids is 1. The zero-order chi connectivity index (χ0) is 17.8. The van der Waals surface area contributed by atoms with Crippen LogP contribution in [-0.2, 0) is 0 Å². The summed E-state index contributed by atoms with van der Waals surface area (Å²) in [5, 5.41) is 4.32. The minimum atomic E-state index is -0.0249. The molecule has 1 aliphatic heterocycles. The van der Waals surface area contributed by atoms with Gasteiger partial charge < -0.3 is 15.1 Å². The molecule has 0 saturated carbocycles. The number of benzene rings is 1. The molecule has 132 valence electrons. The molecule has 0 radical (unpaired) electrons. The van der Waals surface area contributed by atoms with Gasteiger partial charge in [0.2, 0.25) is 0 Å². The van der Waals surface area contributed by atoms with Gasteiger partial charge in [0.25, 0.3) is 5.91 Å². The fraction of sp³-hybridized carbons (Fsp3) is 0.333. The molecule has 5 nitrogen and oxygen atoms in total. The molecule has 0 aliphatic carbocycles. The second-order valence-corrected chi connectivity index (χ2v) is 6.75. The number of hydrogen-bond donors (Lipinski definition) is 1. The molecule has 0 bridgehead atoms. The van der Waals surface area contributed by atoms with Crippen LogP contribution in [0.3, 0.4) is 0 Å². The third-order valence-electron chi connectivity index (χ3n) is 4.30. The third-order valence-corrected chi connectivity index (χ3v) is 4.86. The fourth-order valence-corrected chi connectivity index (χ4v) is 3.11. The highest BCUT2D eigenvalue weighted by Gasteiger charge is 2.22. The van der Waals surface area contributed by atoms with Crippen molar-refractivity contribution in [3.8, 4) is 0 Å². The van der Waals surface area contributed by atoms with E-state index in [1.807, 2.05) is 11.0 Å². The standard InChI is InChI=1S/C18H20Cl2N4O/c1-2-23-7-9-24(10-8-23)18(25)16-6-4-14(12-21-16)22-17-11-13(19)3-5-15(17)20/h3-6,11-12,22H,2,7-10H2,1H3. The summed E-state index contributed by atoms with van der Waals surface area (Å²) in [7, 11) is 0. The van der Waals surface area contributed by atoms with E-state index < -0.39 is 0 Å². The van der Waals surface area contributed by atoms with Gasteiger partial charge in [0.1, 0.15) is 5.69 Å². The largest absolute Gasteiger partial charge is 0.353 e. The first-order valence-electron chi connectivity index (χ1n) is 8.26. The van der Waals surface area contributed by atoms with E-state index in [2.05, 4.69) is 22.1 Å². The average Bonchev–Trinajstić information content (AvgIpc) is 2.65. The Hall–Kier alpha value is -1.82. The zero-order valence-corrected chi connectivity index (χ0v) is 15.5. The molecule has 0 unspecified atom stereocenters. The van der Waals surface area contributed by atoms with Crippen LogP contribution < -0.4 is 5.32 Å². The molecule has 1 aromatic carbocycles. The smallest absolute Gasteiger partial charge is 0.272 e. The maximum atomic E-state index is 12.5. The highest BCUT2D eigenvalue weighted by molar-refractivity contribution is 6.35. The number of aromatic nitrogens is 1. The van der Waals surface area contributed by atoms with E-state index in [-0.39, 0.29) is 5.91 Å². The van der Waals surface area contributed by atoms with Gasteiger partial charge in [-0.05, 0) is 36.9 Å².